The third-order valence-corrected chi connectivity index (χ3v) is 5.92. The number of thiazole rings is 1. The lowest BCUT2D eigenvalue weighted by Crippen LogP contribution is -2.35. The van der Waals surface area contributed by atoms with Crippen molar-refractivity contribution in [3.63, 3.8) is 0 Å². The Morgan fingerprint density at radius 2 is 2.46 bits per heavy atom. The molecule has 1 N–H and O–H groups in total. The van der Waals surface area contributed by atoms with Crippen LogP contribution in [0.4, 0.5) is 0 Å². The lowest BCUT2D eigenvalue weighted by atomic mass is 10.2. The summed E-state index contributed by atoms with van der Waals surface area (Å²) in [5, 5.41) is 6.96. The zero-order chi connectivity index (χ0) is 16.5. The Morgan fingerprint density at radius 3 is 3.29 bits per heavy atom. The molecule has 126 valence electrons. The number of benzene rings is 1. The van der Waals surface area contributed by atoms with Gasteiger partial charge >= 0.3 is 0 Å². The van der Waals surface area contributed by atoms with Crippen LogP contribution in [-0.4, -0.2) is 36.8 Å². The summed E-state index contributed by atoms with van der Waals surface area (Å²) in [5.41, 5.74) is 1.03. The average molecular weight is 362 g/mol. The minimum absolute atomic E-state index is 0.0148. The molecule has 1 aromatic carbocycles. The van der Waals surface area contributed by atoms with Crippen LogP contribution >= 0.6 is 22.7 Å². The standard InChI is InChI=1S/C17H18N2O3S2/c1-10-19-16-14(24-10)7-13(12-4-6-23-17(12)16)22-9-15(20)18-8-11-3-2-5-21-11/h4,6-7,11H,2-3,5,8-9H2,1H3,(H,18,20). The van der Waals surface area contributed by atoms with E-state index in [1.165, 1.54) is 0 Å². The molecule has 3 heterocycles. The van der Waals surface area contributed by atoms with E-state index in [1.807, 2.05) is 24.4 Å². The molecule has 7 heteroatoms. The van der Waals surface area contributed by atoms with Crippen LogP contribution in [0.5, 0.6) is 5.75 Å². The number of amides is 1. The van der Waals surface area contributed by atoms with E-state index >= 15 is 0 Å². The first-order valence-electron chi connectivity index (χ1n) is 7.99. The summed E-state index contributed by atoms with van der Waals surface area (Å²) in [5.74, 6) is 0.629. The fourth-order valence-corrected chi connectivity index (χ4v) is 4.77. The summed E-state index contributed by atoms with van der Waals surface area (Å²) in [6, 6.07) is 4.01. The molecule has 0 bridgehead atoms. The second-order valence-corrected chi connectivity index (χ2v) is 8.00. The van der Waals surface area contributed by atoms with Crippen molar-refractivity contribution in [2.45, 2.75) is 25.9 Å². The number of aryl methyl sites for hydroxylation is 1. The van der Waals surface area contributed by atoms with Crippen molar-refractivity contribution in [2.75, 3.05) is 19.8 Å². The van der Waals surface area contributed by atoms with Crippen molar-refractivity contribution in [3.8, 4) is 5.75 Å². The van der Waals surface area contributed by atoms with Crippen LogP contribution in [0.3, 0.4) is 0 Å². The Kier molecular flexibility index (Phi) is 4.39. The Balaban J connectivity index is 1.47. The molecule has 1 amide bonds. The second-order valence-electron chi connectivity index (χ2n) is 5.85. The van der Waals surface area contributed by atoms with E-state index in [1.54, 1.807) is 22.7 Å². The number of nitrogens with zero attached hydrogens (tertiary/aromatic N) is 1. The van der Waals surface area contributed by atoms with E-state index in [2.05, 4.69) is 10.3 Å². The number of rotatable bonds is 5. The maximum atomic E-state index is 12.0. The molecule has 0 saturated carbocycles. The molecule has 24 heavy (non-hydrogen) atoms. The highest BCUT2D eigenvalue weighted by molar-refractivity contribution is 7.21. The molecular weight excluding hydrogens is 344 g/mol. The molecule has 0 radical (unpaired) electrons. The predicted octanol–water partition coefficient (Wildman–Crippen LogP) is 3.49. The molecule has 1 unspecified atom stereocenters. The van der Waals surface area contributed by atoms with Gasteiger partial charge in [0.2, 0.25) is 0 Å². The number of thiophene rings is 1. The fraction of sp³-hybridized carbons (Fsp3) is 0.412. The highest BCUT2D eigenvalue weighted by Gasteiger charge is 2.17. The maximum absolute atomic E-state index is 12.0. The molecule has 1 saturated heterocycles. The number of hydrogen-bond donors (Lipinski definition) is 1. The number of aromatic nitrogens is 1. The zero-order valence-electron chi connectivity index (χ0n) is 13.3. The maximum Gasteiger partial charge on any atom is 0.258 e. The summed E-state index contributed by atoms with van der Waals surface area (Å²) < 4.78 is 13.5. The summed E-state index contributed by atoms with van der Waals surface area (Å²) in [7, 11) is 0. The number of fused-ring (bicyclic) bond motifs is 3. The molecule has 1 aliphatic heterocycles. The molecule has 3 aromatic rings. The lowest BCUT2D eigenvalue weighted by molar-refractivity contribution is -0.123. The minimum atomic E-state index is -0.116. The van der Waals surface area contributed by atoms with Crippen LogP contribution in [0.1, 0.15) is 17.8 Å². The highest BCUT2D eigenvalue weighted by Crippen LogP contribution is 2.38. The SMILES string of the molecule is Cc1nc2c(cc(OCC(=O)NCC3CCCO3)c3ccsc32)s1. The first kappa shape index (κ1) is 15.8. The Bertz CT molecular complexity index is 881. The van der Waals surface area contributed by atoms with Gasteiger partial charge in [0.25, 0.3) is 5.91 Å². The van der Waals surface area contributed by atoms with Gasteiger partial charge in [0.1, 0.15) is 5.75 Å². The van der Waals surface area contributed by atoms with Gasteiger partial charge in [0, 0.05) is 24.6 Å². The monoisotopic (exact) mass is 362 g/mol. The molecule has 0 spiro atoms. The van der Waals surface area contributed by atoms with Crippen molar-refractivity contribution >= 4 is 48.9 Å². The normalized spacial score (nSPS) is 17.6. The molecule has 1 fully saturated rings. The van der Waals surface area contributed by atoms with Crippen molar-refractivity contribution < 1.29 is 14.3 Å². The molecule has 0 aliphatic carbocycles. The number of carbonyl (C=O) groups is 1. The van der Waals surface area contributed by atoms with E-state index < -0.39 is 0 Å². The van der Waals surface area contributed by atoms with Gasteiger partial charge in [-0.15, -0.1) is 22.7 Å². The molecule has 1 atom stereocenters. The number of hydrogen-bond acceptors (Lipinski definition) is 6. The molecular formula is C17H18N2O3S2. The average Bonchev–Trinajstić information content (AvgIpc) is 3.29. The van der Waals surface area contributed by atoms with Crippen molar-refractivity contribution in [1.82, 2.24) is 10.3 Å². The number of carbonyl (C=O) groups excluding carboxylic acids is 1. The van der Waals surface area contributed by atoms with Gasteiger partial charge in [-0.1, -0.05) is 0 Å². The third-order valence-electron chi connectivity index (χ3n) is 4.08. The molecule has 4 rings (SSSR count). The first-order chi connectivity index (χ1) is 11.7. The van der Waals surface area contributed by atoms with E-state index in [0.29, 0.717) is 6.54 Å². The van der Waals surface area contributed by atoms with Crippen LogP contribution in [0.25, 0.3) is 20.3 Å². The van der Waals surface area contributed by atoms with Gasteiger partial charge in [-0.05, 0) is 31.2 Å². The minimum Gasteiger partial charge on any atom is -0.483 e. The van der Waals surface area contributed by atoms with E-state index in [0.717, 1.165) is 50.5 Å². The lowest BCUT2D eigenvalue weighted by Gasteiger charge is -2.12. The third kappa shape index (κ3) is 3.11. The van der Waals surface area contributed by atoms with E-state index in [-0.39, 0.29) is 18.6 Å². The highest BCUT2D eigenvalue weighted by atomic mass is 32.1. The number of nitrogens with one attached hydrogen (secondary N) is 1. The van der Waals surface area contributed by atoms with E-state index in [9.17, 15) is 4.79 Å². The van der Waals surface area contributed by atoms with Gasteiger partial charge in [0.05, 0.1) is 26.0 Å². The van der Waals surface area contributed by atoms with Crippen LogP contribution in [0.2, 0.25) is 0 Å². The largest absolute Gasteiger partial charge is 0.483 e. The van der Waals surface area contributed by atoms with Crippen molar-refractivity contribution in [1.29, 1.82) is 0 Å². The van der Waals surface area contributed by atoms with Gasteiger partial charge in [0.15, 0.2) is 6.61 Å². The van der Waals surface area contributed by atoms with Crippen LogP contribution in [-0.2, 0) is 9.53 Å². The second kappa shape index (κ2) is 6.66. The topological polar surface area (TPSA) is 60.5 Å². The van der Waals surface area contributed by atoms with Crippen LogP contribution < -0.4 is 10.1 Å². The van der Waals surface area contributed by atoms with Crippen LogP contribution in [0.15, 0.2) is 17.5 Å². The molecule has 5 nitrogen and oxygen atoms in total. The van der Waals surface area contributed by atoms with Gasteiger partial charge in [-0.2, -0.15) is 0 Å². The Hall–Kier alpha value is -1.70. The zero-order valence-corrected chi connectivity index (χ0v) is 15.0. The molecule has 2 aromatic heterocycles. The summed E-state index contributed by atoms with van der Waals surface area (Å²) in [6.07, 6.45) is 2.23. The van der Waals surface area contributed by atoms with Gasteiger partial charge in [-0.25, -0.2) is 4.98 Å². The van der Waals surface area contributed by atoms with Crippen molar-refractivity contribution in [3.05, 3.63) is 22.5 Å². The van der Waals surface area contributed by atoms with Crippen molar-refractivity contribution in [2.24, 2.45) is 0 Å². The van der Waals surface area contributed by atoms with Gasteiger partial charge in [-0.3, -0.25) is 4.79 Å². The molecule has 1 aliphatic rings. The van der Waals surface area contributed by atoms with Gasteiger partial charge < -0.3 is 14.8 Å². The smallest absolute Gasteiger partial charge is 0.258 e. The summed E-state index contributed by atoms with van der Waals surface area (Å²) in [6.45, 7) is 3.37. The Labute approximate surface area is 147 Å². The van der Waals surface area contributed by atoms with E-state index in [4.69, 9.17) is 9.47 Å². The summed E-state index contributed by atoms with van der Waals surface area (Å²) in [4.78, 5) is 16.6. The first-order valence-corrected chi connectivity index (χ1v) is 9.69. The fourth-order valence-electron chi connectivity index (χ4n) is 2.93. The predicted molar refractivity (Wildman–Crippen MR) is 97.2 cm³/mol. The Morgan fingerprint density at radius 1 is 1.54 bits per heavy atom. The van der Waals surface area contributed by atoms with Crippen LogP contribution in [0, 0.1) is 6.92 Å². The summed E-state index contributed by atoms with van der Waals surface area (Å²) >= 11 is 3.30. The quantitative estimate of drug-likeness (QED) is 0.755. The number of ether oxygens (including phenoxy) is 2.